The van der Waals surface area contributed by atoms with Crippen LogP contribution in [0.5, 0.6) is 0 Å². The summed E-state index contributed by atoms with van der Waals surface area (Å²) in [5.74, 6) is -0.428. The normalized spacial score (nSPS) is 21.3. The molecule has 27 heavy (non-hydrogen) atoms. The first kappa shape index (κ1) is 24.3. The molecule has 4 atom stereocenters. The van der Waals surface area contributed by atoms with Gasteiger partial charge in [-0.2, -0.15) is 0 Å². The molecule has 158 valence electrons. The molecular formula is C19H37N2O5P. The fourth-order valence-corrected chi connectivity index (χ4v) is 5.80. The van der Waals surface area contributed by atoms with E-state index in [-0.39, 0.29) is 42.8 Å². The van der Waals surface area contributed by atoms with Gasteiger partial charge in [0.05, 0.1) is 24.3 Å². The van der Waals surface area contributed by atoms with E-state index in [0.29, 0.717) is 0 Å². The Morgan fingerprint density at radius 2 is 1.78 bits per heavy atom. The van der Waals surface area contributed by atoms with Crippen LogP contribution in [0.1, 0.15) is 65.7 Å². The van der Waals surface area contributed by atoms with E-state index in [1.54, 1.807) is 6.92 Å². The molecule has 0 aromatic carbocycles. The number of hydrogen-bond acceptors (Lipinski definition) is 5. The second kappa shape index (κ2) is 11.3. The second-order valence-corrected chi connectivity index (χ2v) is 10.8. The molecule has 0 aliphatic heterocycles. The number of nitrogens with two attached hydrogens (primary N) is 1. The van der Waals surface area contributed by atoms with Gasteiger partial charge >= 0.3 is 0 Å². The Balaban J connectivity index is 2.48. The molecule has 1 rings (SSSR count). The van der Waals surface area contributed by atoms with Gasteiger partial charge in [-0.25, -0.2) is 0 Å². The highest BCUT2D eigenvalue weighted by molar-refractivity contribution is 7.58. The third kappa shape index (κ3) is 9.33. The maximum absolute atomic E-state index is 12.4. The number of hydrogen-bond donors (Lipinski definition) is 4. The molecule has 8 heteroatoms. The first-order valence-electron chi connectivity index (χ1n) is 10.1. The van der Waals surface area contributed by atoms with Gasteiger partial charge in [0.15, 0.2) is 5.78 Å². The number of carbonyl (C=O) groups is 2. The molecule has 0 radical (unpaired) electrons. The number of Topliss-reactive ketones (excluding diaryl/α,β-unsaturated/α-hetero) is 1. The number of aliphatic hydroxyl groups excluding tert-OH is 1. The van der Waals surface area contributed by atoms with Gasteiger partial charge < -0.3 is 21.1 Å². The van der Waals surface area contributed by atoms with E-state index in [0.717, 1.165) is 25.7 Å². The summed E-state index contributed by atoms with van der Waals surface area (Å²) in [6, 6.07) is -1.37. The molecule has 0 aromatic heterocycles. The van der Waals surface area contributed by atoms with Gasteiger partial charge in [0.1, 0.15) is 0 Å². The summed E-state index contributed by atoms with van der Waals surface area (Å²) >= 11 is 0. The third-order valence-electron chi connectivity index (χ3n) is 5.21. The molecule has 0 heterocycles. The van der Waals surface area contributed by atoms with E-state index in [1.807, 2.05) is 13.8 Å². The van der Waals surface area contributed by atoms with Gasteiger partial charge in [-0.05, 0) is 38.0 Å². The number of amides is 1. The molecule has 0 saturated heterocycles. The van der Waals surface area contributed by atoms with Crippen molar-refractivity contribution in [2.45, 2.75) is 83.9 Å². The van der Waals surface area contributed by atoms with Crippen LogP contribution in [0.2, 0.25) is 0 Å². The van der Waals surface area contributed by atoms with Crippen LogP contribution in [-0.4, -0.2) is 52.2 Å². The average molecular weight is 404 g/mol. The average Bonchev–Trinajstić information content (AvgIpc) is 2.56. The van der Waals surface area contributed by atoms with Crippen molar-refractivity contribution in [2.24, 2.45) is 17.6 Å². The highest BCUT2D eigenvalue weighted by Gasteiger charge is 2.30. The Bertz CT molecular complexity index is 532. The zero-order valence-corrected chi connectivity index (χ0v) is 17.8. The predicted molar refractivity (Wildman–Crippen MR) is 107 cm³/mol. The number of carbonyl (C=O) groups excluding carboxylic acids is 2. The standard InChI is InChI=1S/C19H37N2O5P/c1-13(2)18(21-19(24)14(3)20)17(23)10-9-16(22)12-27(25,26)11-15-7-5-4-6-8-15/h13-16,18,22H,4-12,20H2,1-3H3,(H,21,24)(H,25,26)/t14-,16+,18-/m0/s1. The van der Waals surface area contributed by atoms with Crippen LogP contribution in [0.25, 0.3) is 0 Å². The third-order valence-corrected chi connectivity index (χ3v) is 7.29. The fourth-order valence-electron chi connectivity index (χ4n) is 3.64. The van der Waals surface area contributed by atoms with E-state index >= 15 is 0 Å². The first-order chi connectivity index (χ1) is 12.5. The molecule has 0 bridgehead atoms. The van der Waals surface area contributed by atoms with Crippen LogP contribution >= 0.6 is 7.37 Å². The maximum Gasteiger partial charge on any atom is 0.237 e. The molecule has 1 unspecified atom stereocenters. The van der Waals surface area contributed by atoms with Crippen molar-refractivity contribution >= 4 is 19.1 Å². The minimum absolute atomic E-state index is 0.0483. The van der Waals surface area contributed by atoms with Crippen LogP contribution < -0.4 is 11.1 Å². The summed E-state index contributed by atoms with van der Waals surface area (Å²) in [5, 5.41) is 12.8. The van der Waals surface area contributed by atoms with Gasteiger partial charge in [-0.1, -0.05) is 33.1 Å². The van der Waals surface area contributed by atoms with Crippen molar-refractivity contribution in [3.05, 3.63) is 0 Å². The van der Waals surface area contributed by atoms with Crippen LogP contribution in [0.15, 0.2) is 0 Å². The minimum Gasteiger partial charge on any atom is -0.393 e. The lowest BCUT2D eigenvalue weighted by Gasteiger charge is -2.25. The Hall–Kier alpha value is -0.750. The van der Waals surface area contributed by atoms with Crippen molar-refractivity contribution < 1.29 is 24.2 Å². The van der Waals surface area contributed by atoms with Gasteiger partial charge in [-0.15, -0.1) is 0 Å². The van der Waals surface area contributed by atoms with E-state index in [2.05, 4.69) is 5.32 Å². The minimum atomic E-state index is -3.40. The van der Waals surface area contributed by atoms with Crippen molar-refractivity contribution in [3.8, 4) is 0 Å². The topological polar surface area (TPSA) is 130 Å². The summed E-state index contributed by atoms with van der Waals surface area (Å²) in [5.41, 5.74) is 5.53. The Labute approximate surface area is 162 Å². The zero-order valence-electron chi connectivity index (χ0n) is 16.9. The molecule has 1 amide bonds. The van der Waals surface area contributed by atoms with Crippen LogP contribution in [-0.2, 0) is 14.2 Å². The highest BCUT2D eigenvalue weighted by Crippen LogP contribution is 2.46. The van der Waals surface area contributed by atoms with Crippen molar-refractivity contribution in [3.63, 3.8) is 0 Å². The Morgan fingerprint density at radius 3 is 2.30 bits per heavy atom. The predicted octanol–water partition coefficient (Wildman–Crippen LogP) is 2.04. The largest absolute Gasteiger partial charge is 0.393 e. The molecule has 1 aliphatic carbocycles. The van der Waals surface area contributed by atoms with Gasteiger partial charge in [0.2, 0.25) is 13.3 Å². The first-order valence-corrected chi connectivity index (χ1v) is 12.1. The molecule has 0 aromatic rings. The van der Waals surface area contributed by atoms with E-state index in [9.17, 15) is 24.2 Å². The van der Waals surface area contributed by atoms with Crippen molar-refractivity contribution in [1.29, 1.82) is 0 Å². The highest BCUT2D eigenvalue weighted by atomic mass is 31.2. The number of rotatable bonds is 11. The molecule has 7 nitrogen and oxygen atoms in total. The lowest BCUT2D eigenvalue weighted by molar-refractivity contribution is -0.129. The van der Waals surface area contributed by atoms with E-state index in [1.165, 1.54) is 6.42 Å². The summed E-state index contributed by atoms with van der Waals surface area (Å²) in [6.07, 6.45) is 4.61. The van der Waals surface area contributed by atoms with Crippen LogP contribution in [0, 0.1) is 11.8 Å². The molecular weight excluding hydrogens is 367 g/mol. The molecule has 0 spiro atoms. The zero-order chi connectivity index (χ0) is 20.6. The van der Waals surface area contributed by atoms with Gasteiger partial charge in [-0.3, -0.25) is 14.2 Å². The fraction of sp³-hybridized carbons (Fsp3) is 0.895. The monoisotopic (exact) mass is 404 g/mol. The van der Waals surface area contributed by atoms with Gasteiger partial charge in [0.25, 0.3) is 0 Å². The van der Waals surface area contributed by atoms with Crippen LogP contribution in [0.3, 0.4) is 0 Å². The number of nitrogens with one attached hydrogen (secondary N) is 1. The summed E-state index contributed by atoms with van der Waals surface area (Å²) < 4.78 is 12.4. The molecule has 1 fully saturated rings. The number of aliphatic hydroxyl groups is 1. The maximum atomic E-state index is 12.4. The van der Waals surface area contributed by atoms with Gasteiger partial charge in [0, 0.05) is 12.6 Å². The SMILES string of the molecule is CC(C)[C@H](NC(=O)[C@H](C)N)C(=O)CC[C@@H](O)CP(=O)(O)CC1CCCCC1. The molecule has 1 saturated carbocycles. The van der Waals surface area contributed by atoms with Crippen LogP contribution in [0.4, 0.5) is 0 Å². The molecule has 5 N–H and O–H groups in total. The lowest BCUT2D eigenvalue weighted by Crippen LogP contribution is -2.49. The Kier molecular flexibility index (Phi) is 10.2. The van der Waals surface area contributed by atoms with Crippen molar-refractivity contribution in [2.75, 3.05) is 12.3 Å². The molecule has 1 aliphatic rings. The van der Waals surface area contributed by atoms with E-state index in [4.69, 9.17) is 5.73 Å². The van der Waals surface area contributed by atoms with E-state index < -0.39 is 31.5 Å². The summed E-state index contributed by atoms with van der Waals surface area (Å²) in [4.78, 5) is 34.4. The lowest BCUT2D eigenvalue weighted by atomic mass is 9.91. The quantitative estimate of drug-likeness (QED) is 0.390. The smallest absolute Gasteiger partial charge is 0.237 e. The second-order valence-electron chi connectivity index (χ2n) is 8.39. The Morgan fingerprint density at radius 1 is 1.19 bits per heavy atom. The summed E-state index contributed by atoms with van der Waals surface area (Å²) in [6.45, 7) is 5.20. The summed E-state index contributed by atoms with van der Waals surface area (Å²) in [7, 11) is -3.40. The number of ketones is 1. The van der Waals surface area contributed by atoms with Crippen molar-refractivity contribution in [1.82, 2.24) is 5.32 Å².